The third-order valence-corrected chi connectivity index (χ3v) is 4.14. The van der Waals surface area contributed by atoms with Crippen molar-refractivity contribution in [2.75, 3.05) is 5.32 Å². The second-order valence-corrected chi connectivity index (χ2v) is 6.10. The van der Waals surface area contributed by atoms with Gasteiger partial charge in [-0.3, -0.25) is 4.40 Å². The average Bonchev–Trinajstić information content (AvgIpc) is 2.95. The van der Waals surface area contributed by atoms with Crippen molar-refractivity contribution < 1.29 is 0 Å². The minimum Gasteiger partial charge on any atom is -0.339 e. The summed E-state index contributed by atoms with van der Waals surface area (Å²) in [5, 5.41) is 3.54. The van der Waals surface area contributed by atoms with Crippen LogP contribution in [0.4, 0.5) is 11.5 Å². The molecule has 4 aromatic rings. The van der Waals surface area contributed by atoms with Crippen molar-refractivity contribution in [3.8, 4) is 11.3 Å². The highest BCUT2D eigenvalue weighted by Crippen LogP contribution is 2.31. The van der Waals surface area contributed by atoms with E-state index in [1.165, 1.54) is 11.1 Å². The normalized spacial score (nSPS) is 10.9. The monoisotopic (exact) mass is 313 g/mol. The third kappa shape index (κ3) is 2.65. The zero-order chi connectivity index (χ0) is 16.5. The van der Waals surface area contributed by atoms with Gasteiger partial charge in [0.1, 0.15) is 17.2 Å². The van der Waals surface area contributed by atoms with E-state index in [1.54, 1.807) is 0 Å². The molecule has 2 aromatic heterocycles. The van der Waals surface area contributed by atoms with Crippen LogP contribution in [0.15, 0.2) is 72.9 Å². The van der Waals surface area contributed by atoms with E-state index >= 15 is 0 Å². The molecule has 0 spiro atoms. The maximum Gasteiger partial charge on any atom is 0.143 e. The van der Waals surface area contributed by atoms with Crippen LogP contribution in [-0.4, -0.2) is 9.38 Å². The molecule has 0 aliphatic rings. The molecular weight excluding hydrogens is 294 g/mol. The SMILES string of the molecule is Cc1ccc(Nc2c(-c3ccccc3)nc3cc(C)ccn23)cc1. The van der Waals surface area contributed by atoms with Crippen LogP contribution in [0, 0.1) is 13.8 Å². The Morgan fingerprint density at radius 3 is 2.33 bits per heavy atom. The van der Waals surface area contributed by atoms with Gasteiger partial charge in [-0.15, -0.1) is 0 Å². The molecule has 0 unspecified atom stereocenters. The van der Waals surface area contributed by atoms with E-state index in [1.807, 2.05) is 18.2 Å². The fourth-order valence-electron chi connectivity index (χ4n) is 2.84. The van der Waals surface area contributed by atoms with E-state index in [4.69, 9.17) is 4.98 Å². The molecule has 0 bridgehead atoms. The minimum atomic E-state index is 0.948. The number of nitrogens with one attached hydrogen (secondary N) is 1. The molecule has 0 radical (unpaired) electrons. The van der Waals surface area contributed by atoms with Gasteiger partial charge >= 0.3 is 0 Å². The Balaban J connectivity index is 1.89. The van der Waals surface area contributed by atoms with Crippen LogP contribution in [0.3, 0.4) is 0 Å². The number of aromatic nitrogens is 2. The molecule has 0 saturated carbocycles. The topological polar surface area (TPSA) is 29.3 Å². The van der Waals surface area contributed by atoms with Crippen LogP contribution >= 0.6 is 0 Å². The predicted octanol–water partition coefficient (Wildman–Crippen LogP) is 5.36. The first-order valence-electron chi connectivity index (χ1n) is 8.08. The molecule has 0 atom stereocenters. The van der Waals surface area contributed by atoms with E-state index in [0.29, 0.717) is 0 Å². The summed E-state index contributed by atoms with van der Waals surface area (Å²) in [6, 6.07) is 22.9. The molecule has 2 heterocycles. The van der Waals surface area contributed by atoms with E-state index in [0.717, 1.165) is 28.4 Å². The van der Waals surface area contributed by atoms with Crippen molar-refractivity contribution >= 4 is 17.2 Å². The van der Waals surface area contributed by atoms with Gasteiger partial charge in [-0.25, -0.2) is 4.98 Å². The summed E-state index contributed by atoms with van der Waals surface area (Å²) in [5.41, 5.74) is 6.52. The second kappa shape index (κ2) is 5.85. The lowest BCUT2D eigenvalue weighted by molar-refractivity contribution is 1.17. The van der Waals surface area contributed by atoms with Gasteiger partial charge < -0.3 is 5.32 Å². The number of imidazole rings is 1. The first kappa shape index (κ1) is 14.5. The first-order chi connectivity index (χ1) is 11.7. The lowest BCUT2D eigenvalue weighted by atomic mass is 10.1. The number of hydrogen-bond acceptors (Lipinski definition) is 2. The molecule has 0 amide bonds. The molecule has 0 aliphatic heterocycles. The lowest BCUT2D eigenvalue weighted by Crippen LogP contribution is -1.97. The molecule has 0 fully saturated rings. The van der Waals surface area contributed by atoms with Gasteiger partial charge in [0.15, 0.2) is 0 Å². The quantitative estimate of drug-likeness (QED) is 0.551. The maximum absolute atomic E-state index is 4.86. The Kier molecular flexibility index (Phi) is 3.54. The molecule has 4 rings (SSSR count). The number of fused-ring (bicyclic) bond motifs is 1. The van der Waals surface area contributed by atoms with Crippen LogP contribution in [0.2, 0.25) is 0 Å². The maximum atomic E-state index is 4.86. The van der Waals surface area contributed by atoms with Crippen LogP contribution in [-0.2, 0) is 0 Å². The van der Waals surface area contributed by atoms with Gasteiger partial charge in [-0.1, -0.05) is 48.0 Å². The third-order valence-electron chi connectivity index (χ3n) is 4.14. The summed E-state index contributed by atoms with van der Waals surface area (Å²) >= 11 is 0. The Morgan fingerprint density at radius 1 is 0.833 bits per heavy atom. The summed E-state index contributed by atoms with van der Waals surface area (Å²) in [7, 11) is 0. The fraction of sp³-hybridized carbons (Fsp3) is 0.0952. The van der Waals surface area contributed by atoms with E-state index in [-0.39, 0.29) is 0 Å². The van der Waals surface area contributed by atoms with Crippen molar-refractivity contribution in [1.82, 2.24) is 9.38 Å². The molecule has 3 nitrogen and oxygen atoms in total. The minimum absolute atomic E-state index is 0.948. The lowest BCUT2D eigenvalue weighted by Gasteiger charge is -2.09. The Morgan fingerprint density at radius 2 is 1.58 bits per heavy atom. The number of benzene rings is 2. The molecule has 1 N–H and O–H groups in total. The second-order valence-electron chi connectivity index (χ2n) is 6.10. The Hall–Kier alpha value is -3.07. The van der Waals surface area contributed by atoms with Gasteiger partial charge in [-0.2, -0.15) is 0 Å². The highest BCUT2D eigenvalue weighted by Gasteiger charge is 2.14. The molecule has 2 aromatic carbocycles. The van der Waals surface area contributed by atoms with Gasteiger partial charge in [0.05, 0.1) is 0 Å². The Labute approximate surface area is 141 Å². The van der Waals surface area contributed by atoms with Gasteiger partial charge in [0.2, 0.25) is 0 Å². The molecule has 0 saturated heterocycles. The summed E-state index contributed by atoms with van der Waals surface area (Å²) in [6.45, 7) is 4.18. The standard InChI is InChI=1S/C21H19N3/c1-15-8-10-18(11-9-15)22-21-20(17-6-4-3-5-7-17)23-19-14-16(2)12-13-24(19)21/h3-14,22H,1-2H3. The van der Waals surface area contributed by atoms with Crippen molar-refractivity contribution in [2.24, 2.45) is 0 Å². The predicted molar refractivity (Wildman–Crippen MR) is 99.8 cm³/mol. The number of pyridine rings is 1. The molecule has 118 valence electrons. The van der Waals surface area contributed by atoms with Gasteiger partial charge in [0.25, 0.3) is 0 Å². The largest absolute Gasteiger partial charge is 0.339 e. The number of rotatable bonds is 3. The highest BCUT2D eigenvalue weighted by atomic mass is 15.1. The smallest absolute Gasteiger partial charge is 0.143 e. The summed E-state index contributed by atoms with van der Waals surface area (Å²) < 4.78 is 2.11. The molecule has 0 aliphatic carbocycles. The average molecular weight is 313 g/mol. The van der Waals surface area contributed by atoms with Crippen molar-refractivity contribution in [3.05, 3.63) is 84.1 Å². The molecular formula is C21H19N3. The zero-order valence-corrected chi connectivity index (χ0v) is 13.8. The molecule has 3 heteroatoms. The van der Waals surface area contributed by atoms with Gasteiger partial charge in [-0.05, 0) is 43.7 Å². The van der Waals surface area contributed by atoms with E-state index in [2.05, 4.69) is 78.3 Å². The number of aryl methyl sites for hydroxylation is 2. The fourth-order valence-corrected chi connectivity index (χ4v) is 2.84. The van der Waals surface area contributed by atoms with Crippen LogP contribution in [0.25, 0.3) is 16.9 Å². The Bertz CT molecular complexity index is 983. The van der Waals surface area contributed by atoms with Crippen molar-refractivity contribution in [2.45, 2.75) is 13.8 Å². The zero-order valence-electron chi connectivity index (χ0n) is 13.8. The van der Waals surface area contributed by atoms with Crippen LogP contribution in [0.1, 0.15) is 11.1 Å². The van der Waals surface area contributed by atoms with E-state index < -0.39 is 0 Å². The van der Waals surface area contributed by atoms with Crippen LogP contribution < -0.4 is 5.32 Å². The summed E-state index contributed by atoms with van der Waals surface area (Å²) in [4.78, 5) is 4.86. The van der Waals surface area contributed by atoms with Gasteiger partial charge in [0, 0.05) is 17.4 Å². The number of anilines is 2. The first-order valence-corrected chi connectivity index (χ1v) is 8.08. The van der Waals surface area contributed by atoms with E-state index in [9.17, 15) is 0 Å². The summed E-state index contributed by atoms with van der Waals surface area (Å²) in [6.07, 6.45) is 2.07. The van der Waals surface area contributed by atoms with Crippen molar-refractivity contribution in [3.63, 3.8) is 0 Å². The molecule has 24 heavy (non-hydrogen) atoms. The van der Waals surface area contributed by atoms with Crippen molar-refractivity contribution in [1.29, 1.82) is 0 Å². The summed E-state index contributed by atoms with van der Waals surface area (Å²) in [5.74, 6) is 0.986. The number of hydrogen-bond donors (Lipinski definition) is 1. The van der Waals surface area contributed by atoms with Crippen LogP contribution in [0.5, 0.6) is 0 Å². The highest BCUT2D eigenvalue weighted by molar-refractivity contribution is 5.79. The number of nitrogens with zero attached hydrogens (tertiary/aromatic N) is 2.